The van der Waals surface area contributed by atoms with E-state index < -0.39 is 0 Å². The molecule has 0 aromatic heterocycles. The Morgan fingerprint density at radius 2 is 2.20 bits per heavy atom. The molecule has 0 aliphatic heterocycles. The molecule has 1 aromatic rings. The lowest BCUT2D eigenvalue weighted by Crippen LogP contribution is -2.05. The van der Waals surface area contributed by atoms with Gasteiger partial charge in [-0.2, -0.15) is 0 Å². The fourth-order valence-electron chi connectivity index (χ4n) is 1.30. The van der Waals surface area contributed by atoms with Crippen LogP contribution >= 0.6 is 11.6 Å². The average Bonchev–Trinajstić information content (AvgIpc) is 2.17. The van der Waals surface area contributed by atoms with E-state index in [0.717, 1.165) is 30.8 Å². The summed E-state index contributed by atoms with van der Waals surface area (Å²) in [5.74, 6) is 0.817. The normalized spacial score (nSPS) is 12.5. The van der Waals surface area contributed by atoms with E-state index >= 15 is 0 Å². The van der Waals surface area contributed by atoms with Gasteiger partial charge in [0.2, 0.25) is 0 Å². The van der Waals surface area contributed by atoms with Crippen LogP contribution in [0.5, 0.6) is 5.75 Å². The van der Waals surface area contributed by atoms with Crippen molar-refractivity contribution in [1.29, 1.82) is 0 Å². The van der Waals surface area contributed by atoms with Crippen LogP contribution in [-0.4, -0.2) is 6.61 Å². The van der Waals surface area contributed by atoms with Gasteiger partial charge in [0.05, 0.1) is 6.61 Å². The molecule has 0 saturated heterocycles. The molecule has 0 spiro atoms. The van der Waals surface area contributed by atoms with Gasteiger partial charge < -0.3 is 10.5 Å². The Morgan fingerprint density at radius 3 is 2.73 bits per heavy atom. The molecule has 0 amide bonds. The molecule has 1 rings (SSSR count). The molecule has 0 heterocycles. The zero-order chi connectivity index (χ0) is 11.3. The average molecular weight is 228 g/mol. The van der Waals surface area contributed by atoms with Crippen molar-refractivity contribution < 1.29 is 4.74 Å². The molecule has 1 atom stereocenters. The first-order chi connectivity index (χ1) is 7.15. The van der Waals surface area contributed by atoms with Crippen LogP contribution in [0.4, 0.5) is 0 Å². The first-order valence-electron chi connectivity index (χ1n) is 5.33. The Labute approximate surface area is 96.4 Å². The summed E-state index contributed by atoms with van der Waals surface area (Å²) >= 11 is 6.08. The number of halogens is 1. The Balaban J connectivity index is 2.65. The van der Waals surface area contributed by atoms with Crippen LogP contribution in [0.1, 0.15) is 38.3 Å². The molecule has 2 N–H and O–H groups in total. The van der Waals surface area contributed by atoms with Gasteiger partial charge in [0.1, 0.15) is 5.75 Å². The molecule has 0 radical (unpaired) electrons. The van der Waals surface area contributed by atoms with Crippen LogP contribution in [0, 0.1) is 0 Å². The number of unbranched alkanes of at least 4 members (excludes halogenated alkanes) is 1. The van der Waals surface area contributed by atoms with Crippen LogP contribution in [-0.2, 0) is 0 Å². The summed E-state index contributed by atoms with van der Waals surface area (Å²) in [4.78, 5) is 0. The predicted octanol–water partition coefficient (Wildman–Crippen LogP) is 3.54. The highest BCUT2D eigenvalue weighted by Gasteiger charge is 2.06. The quantitative estimate of drug-likeness (QED) is 0.781. The third-order valence-corrected chi connectivity index (χ3v) is 2.56. The number of benzene rings is 1. The van der Waals surface area contributed by atoms with E-state index in [2.05, 4.69) is 6.92 Å². The molecule has 15 heavy (non-hydrogen) atoms. The van der Waals surface area contributed by atoms with Crippen molar-refractivity contribution in [3.8, 4) is 5.75 Å². The van der Waals surface area contributed by atoms with Crippen molar-refractivity contribution in [3.63, 3.8) is 0 Å². The molecule has 0 saturated carbocycles. The van der Waals surface area contributed by atoms with Gasteiger partial charge in [-0.15, -0.1) is 0 Å². The molecule has 1 aromatic carbocycles. The van der Waals surface area contributed by atoms with Crippen molar-refractivity contribution in [3.05, 3.63) is 28.8 Å². The van der Waals surface area contributed by atoms with Gasteiger partial charge >= 0.3 is 0 Å². The second kappa shape index (κ2) is 5.99. The zero-order valence-electron chi connectivity index (χ0n) is 9.29. The molecule has 2 nitrogen and oxygen atoms in total. The van der Waals surface area contributed by atoms with Crippen LogP contribution in [0.25, 0.3) is 0 Å². The SMILES string of the molecule is CCCCOc1ccc(C(C)N)c(Cl)c1. The first-order valence-corrected chi connectivity index (χ1v) is 5.70. The fourth-order valence-corrected chi connectivity index (χ4v) is 1.64. The van der Waals surface area contributed by atoms with Crippen molar-refractivity contribution in [2.24, 2.45) is 5.73 Å². The van der Waals surface area contributed by atoms with Gasteiger partial charge in [-0.05, 0) is 31.0 Å². The zero-order valence-corrected chi connectivity index (χ0v) is 10.1. The third kappa shape index (κ3) is 3.73. The summed E-state index contributed by atoms with van der Waals surface area (Å²) in [5.41, 5.74) is 6.72. The number of nitrogens with two attached hydrogens (primary N) is 1. The van der Waals surface area contributed by atoms with E-state index in [-0.39, 0.29) is 6.04 Å². The number of hydrogen-bond donors (Lipinski definition) is 1. The highest BCUT2D eigenvalue weighted by atomic mass is 35.5. The molecule has 0 fully saturated rings. The van der Waals surface area contributed by atoms with Gasteiger partial charge in [0, 0.05) is 11.1 Å². The van der Waals surface area contributed by atoms with E-state index in [9.17, 15) is 0 Å². The highest BCUT2D eigenvalue weighted by Crippen LogP contribution is 2.26. The molecule has 0 aliphatic rings. The van der Waals surface area contributed by atoms with Crippen LogP contribution < -0.4 is 10.5 Å². The van der Waals surface area contributed by atoms with Gasteiger partial charge in [-0.1, -0.05) is 31.0 Å². The van der Waals surface area contributed by atoms with E-state index in [1.165, 1.54) is 0 Å². The summed E-state index contributed by atoms with van der Waals surface area (Å²) in [6, 6.07) is 5.63. The van der Waals surface area contributed by atoms with Gasteiger partial charge in [-0.25, -0.2) is 0 Å². The summed E-state index contributed by atoms with van der Waals surface area (Å²) in [6.07, 6.45) is 2.19. The van der Waals surface area contributed by atoms with Crippen molar-refractivity contribution in [1.82, 2.24) is 0 Å². The lowest BCUT2D eigenvalue weighted by Gasteiger charge is -2.10. The maximum Gasteiger partial charge on any atom is 0.120 e. The number of hydrogen-bond acceptors (Lipinski definition) is 2. The minimum absolute atomic E-state index is 0.0396. The summed E-state index contributed by atoms with van der Waals surface area (Å²) in [6.45, 7) is 4.79. The maximum absolute atomic E-state index is 6.08. The molecule has 3 heteroatoms. The minimum Gasteiger partial charge on any atom is -0.494 e. The molecular weight excluding hydrogens is 210 g/mol. The van der Waals surface area contributed by atoms with Gasteiger partial charge in [-0.3, -0.25) is 0 Å². The topological polar surface area (TPSA) is 35.2 Å². The Kier molecular flexibility index (Phi) is 4.92. The standard InChI is InChI=1S/C12H18ClNO/c1-3-4-7-15-10-5-6-11(9(2)14)12(13)8-10/h5-6,8-9H,3-4,7,14H2,1-2H3. The van der Waals surface area contributed by atoms with E-state index in [4.69, 9.17) is 22.1 Å². The van der Waals surface area contributed by atoms with E-state index in [0.29, 0.717) is 5.02 Å². The monoisotopic (exact) mass is 227 g/mol. The Bertz CT molecular complexity index is 312. The van der Waals surface area contributed by atoms with Crippen LogP contribution in [0.2, 0.25) is 5.02 Å². The molecular formula is C12H18ClNO. The number of rotatable bonds is 5. The second-order valence-corrected chi connectivity index (χ2v) is 4.08. The summed E-state index contributed by atoms with van der Waals surface area (Å²) in [7, 11) is 0. The molecule has 1 unspecified atom stereocenters. The third-order valence-electron chi connectivity index (χ3n) is 2.23. The van der Waals surface area contributed by atoms with E-state index in [1.807, 2.05) is 25.1 Å². The lowest BCUT2D eigenvalue weighted by atomic mass is 10.1. The molecule has 84 valence electrons. The lowest BCUT2D eigenvalue weighted by molar-refractivity contribution is 0.309. The van der Waals surface area contributed by atoms with Crippen molar-refractivity contribution >= 4 is 11.6 Å². The highest BCUT2D eigenvalue weighted by molar-refractivity contribution is 6.31. The number of ether oxygens (including phenoxy) is 1. The van der Waals surface area contributed by atoms with Gasteiger partial charge in [0.15, 0.2) is 0 Å². The first kappa shape index (κ1) is 12.3. The Hall–Kier alpha value is -0.730. The van der Waals surface area contributed by atoms with Crippen LogP contribution in [0.3, 0.4) is 0 Å². The van der Waals surface area contributed by atoms with Crippen molar-refractivity contribution in [2.45, 2.75) is 32.7 Å². The van der Waals surface area contributed by atoms with Crippen molar-refractivity contribution in [2.75, 3.05) is 6.61 Å². The van der Waals surface area contributed by atoms with E-state index in [1.54, 1.807) is 0 Å². The predicted molar refractivity (Wildman–Crippen MR) is 64.5 cm³/mol. The molecule has 0 aliphatic carbocycles. The second-order valence-electron chi connectivity index (χ2n) is 3.67. The van der Waals surface area contributed by atoms with Gasteiger partial charge in [0.25, 0.3) is 0 Å². The smallest absolute Gasteiger partial charge is 0.120 e. The Morgan fingerprint density at radius 1 is 1.47 bits per heavy atom. The molecule has 0 bridgehead atoms. The largest absolute Gasteiger partial charge is 0.494 e. The van der Waals surface area contributed by atoms with Crippen LogP contribution in [0.15, 0.2) is 18.2 Å². The summed E-state index contributed by atoms with van der Waals surface area (Å²) in [5, 5.41) is 0.680. The summed E-state index contributed by atoms with van der Waals surface area (Å²) < 4.78 is 5.54. The fraction of sp³-hybridized carbons (Fsp3) is 0.500. The minimum atomic E-state index is -0.0396. The maximum atomic E-state index is 6.08.